The summed E-state index contributed by atoms with van der Waals surface area (Å²) in [6.45, 7) is 2.67. The molecular weight excluding hydrogens is 501 g/mol. The van der Waals surface area contributed by atoms with E-state index in [0.717, 1.165) is 46.1 Å². The average molecular weight is 526 g/mol. The van der Waals surface area contributed by atoms with Crippen LogP contribution >= 0.6 is 22.7 Å². The molecule has 36 heavy (non-hydrogen) atoms. The summed E-state index contributed by atoms with van der Waals surface area (Å²) in [5.41, 5.74) is 1.84. The van der Waals surface area contributed by atoms with Gasteiger partial charge < -0.3 is 15.0 Å². The SMILES string of the molecule is Cc1nc2sccn2c1OC(=O)NC[C@@H]1CCCN1C(=O)c1nc(C2CC2)sc1-c1ccc(F)cc1. The fourth-order valence-corrected chi connectivity index (χ4v) is 6.54. The molecule has 4 aromatic rings. The Morgan fingerprint density at radius 3 is 2.78 bits per heavy atom. The van der Waals surface area contributed by atoms with Crippen LogP contribution in [-0.2, 0) is 0 Å². The van der Waals surface area contributed by atoms with Gasteiger partial charge in [-0.2, -0.15) is 0 Å². The molecule has 1 aliphatic carbocycles. The molecule has 2 fully saturated rings. The number of thiazole rings is 2. The van der Waals surface area contributed by atoms with Crippen LogP contribution < -0.4 is 10.1 Å². The van der Waals surface area contributed by atoms with Crippen LogP contribution in [0.5, 0.6) is 5.88 Å². The molecule has 2 aliphatic rings. The molecule has 4 heterocycles. The van der Waals surface area contributed by atoms with Gasteiger partial charge in [-0.1, -0.05) is 12.1 Å². The zero-order valence-corrected chi connectivity index (χ0v) is 21.2. The van der Waals surface area contributed by atoms with Crippen molar-refractivity contribution in [1.29, 1.82) is 0 Å². The molecular formula is C25H24FN5O3S2. The van der Waals surface area contributed by atoms with E-state index in [1.807, 2.05) is 11.6 Å². The highest BCUT2D eigenvalue weighted by Gasteiger charge is 2.35. The van der Waals surface area contributed by atoms with Gasteiger partial charge in [0.2, 0.25) is 5.88 Å². The van der Waals surface area contributed by atoms with Crippen molar-refractivity contribution in [3.63, 3.8) is 0 Å². The van der Waals surface area contributed by atoms with Gasteiger partial charge in [0.15, 0.2) is 4.96 Å². The number of hydrogen-bond donors (Lipinski definition) is 1. The molecule has 0 spiro atoms. The second-order valence-electron chi connectivity index (χ2n) is 9.13. The maximum Gasteiger partial charge on any atom is 0.414 e. The van der Waals surface area contributed by atoms with Crippen molar-refractivity contribution in [1.82, 2.24) is 24.6 Å². The monoisotopic (exact) mass is 525 g/mol. The highest BCUT2D eigenvalue weighted by Crippen LogP contribution is 2.45. The molecule has 1 saturated carbocycles. The number of carbonyl (C=O) groups excluding carboxylic acids is 2. The van der Waals surface area contributed by atoms with Crippen LogP contribution in [0.4, 0.5) is 9.18 Å². The molecule has 1 N–H and O–H groups in total. The van der Waals surface area contributed by atoms with E-state index < -0.39 is 6.09 Å². The number of benzene rings is 1. The molecule has 1 saturated heterocycles. The first-order valence-electron chi connectivity index (χ1n) is 11.9. The summed E-state index contributed by atoms with van der Waals surface area (Å²) >= 11 is 2.99. The van der Waals surface area contributed by atoms with E-state index in [1.165, 1.54) is 34.8 Å². The first-order chi connectivity index (χ1) is 17.5. The Kier molecular flexibility index (Phi) is 5.96. The number of carbonyl (C=O) groups is 2. The maximum absolute atomic E-state index is 13.7. The van der Waals surface area contributed by atoms with Gasteiger partial charge in [0.05, 0.1) is 9.88 Å². The van der Waals surface area contributed by atoms with Crippen LogP contribution in [0.1, 0.15) is 52.8 Å². The second kappa shape index (κ2) is 9.29. The number of nitrogens with zero attached hydrogens (tertiary/aromatic N) is 4. The first kappa shape index (κ1) is 23.1. The van der Waals surface area contributed by atoms with Crippen molar-refractivity contribution >= 4 is 39.6 Å². The highest BCUT2D eigenvalue weighted by atomic mass is 32.1. The molecule has 11 heteroatoms. The van der Waals surface area contributed by atoms with Gasteiger partial charge >= 0.3 is 6.09 Å². The standard InChI is InChI=1S/C25H24FN5O3S2/c1-14-23(31-11-12-35-24(31)28-14)34-25(33)27-13-18-3-2-10-30(18)22(32)19-20(15-6-8-17(26)9-7-15)36-21(29-19)16-4-5-16/h6-9,11-12,16,18H,2-5,10,13H2,1H3,(H,27,33)/t18-/m0/s1. The van der Waals surface area contributed by atoms with Crippen molar-refractivity contribution in [2.75, 3.05) is 13.1 Å². The lowest BCUT2D eigenvalue weighted by atomic mass is 10.1. The van der Waals surface area contributed by atoms with Crippen molar-refractivity contribution in [3.8, 4) is 16.3 Å². The molecule has 1 atom stereocenters. The smallest absolute Gasteiger partial charge is 0.391 e. The van der Waals surface area contributed by atoms with Gasteiger partial charge in [0.25, 0.3) is 5.91 Å². The first-order valence-corrected chi connectivity index (χ1v) is 13.6. The van der Waals surface area contributed by atoms with Crippen molar-refractivity contribution in [2.24, 2.45) is 0 Å². The van der Waals surface area contributed by atoms with Crippen LogP contribution in [0.3, 0.4) is 0 Å². The molecule has 1 aromatic carbocycles. The molecule has 0 radical (unpaired) electrons. The number of ether oxygens (including phenoxy) is 1. The van der Waals surface area contributed by atoms with Crippen molar-refractivity contribution in [3.05, 3.63) is 58.1 Å². The Labute approximate surface area is 214 Å². The van der Waals surface area contributed by atoms with E-state index in [1.54, 1.807) is 28.4 Å². The lowest BCUT2D eigenvalue weighted by molar-refractivity contribution is 0.0730. The van der Waals surface area contributed by atoms with E-state index in [0.29, 0.717) is 29.7 Å². The van der Waals surface area contributed by atoms with E-state index in [4.69, 9.17) is 9.72 Å². The Bertz CT molecular complexity index is 1440. The van der Waals surface area contributed by atoms with Gasteiger partial charge in [0, 0.05) is 36.6 Å². The summed E-state index contributed by atoms with van der Waals surface area (Å²) in [4.78, 5) is 38.7. The van der Waals surface area contributed by atoms with Gasteiger partial charge in [-0.3, -0.25) is 9.20 Å². The lowest BCUT2D eigenvalue weighted by Crippen LogP contribution is -2.44. The maximum atomic E-state index is 13.7. The summed E-state index contributed by atoms with van der Waals surface area (Å²) < 4.78 is 20.8. The molecule has 2 amide bonds. The minimum atomic E-state index is -0.581. The zero-order chi connectivity index (χ0) is 24.8. The van der Waals surface area contributed by atoms with Crippen LogP contribution in [0.2, 0.25) is 0 Å². The Balaban J connectivity index is 1.17. The summed E-state index contributed by atoms with van der Waals surface area (Å²) in [7, 11) is 0. The molecule has 1 aliphatic heterocycles. The lowest BCUT2D eigenvalue weighted by Gasteiger charge is -2.24. The van der Waals surface area contributed by atoms with E-state index in [9.17, 15) is 14.0 Å². The topological polar surface area (TPSA) is 88.8 Å². The van der Waals surface area contributed by atoms with Gasteiger partial charge in [-0.05, 0) is 50.3 Å². The fourth-order valence-electron chi connectivity index (χ4n) is 4.56. The zero-order valence-electron chi connectivity index (χ0n) is 19.6. The number of nitrogens with one attached hydrogen (secondary N) is 1. The predicted molar refractivity (Wildman–Crippen MR) is 135 cm³/mol. The number of hydrogen-bond acceptors (Lipinski definition) is 7. The number of amides is 2. The summed E-state index contributed by atoms with van der Waals surface area (Å²) in [6, 6.07) is 6.03. The van der Waals surface area contributed by atoms with Gasteiger partial charge in [0.1, 0.15) is 17.2 Å². The van der Waals surface area contributed by atoms with E-state index >= 15 is 0 Å². The highest BCUT2D eigenvalue weighted by molar-refractivity contribution is 7.15. The van der Waals surface area contributed by atoms with Crippen LogP contribution in [0.25, 0.3) is 15.4 Å². The third-order valence-electron chi connectivity index (χ3n) is 6.57. The molecule has 3 aromatic heterocycles. The minimum absolute atomic E-state index is 0.151. The second-order valence-corrected chi connectivity index (χ2v) is 11.0. The van der Waals surface area contributed by atoms with Crippen molar-refractivity contribution < 1.29 is 18.7 Å². The summed E-state index contributed by atoms with van der Waals surface area (Å²) in [5.74, 6) is 0.328. The Morgan fingerprint density at radius 1 is 1.19 bits per heavy atom. The predicted octanol–water partition coefficient (Wildman–Crippen LogP) is 5.24. The number of rotatable bonds is 6. The largest absolute Gasteiger partial charge is 0.414 e. The van der Waals surface area contributed by atoms with Crippen molar-refractivity contribution in [2.45, 2.75) is 44.6 Å². The molecule has 6 rings (SSSR count). The Hall–Kier alpha value is -3.31. The number of fused-ring (bicyclic) bond motifs is 1. The quantitative estimate of drug-likeness (QED) is 0.372. The normalized spacial score (nSPS) is 17.6. The van der Waals surface area contributed by atoms with Gasteiger partial charge in [-0.15, -0.1) is 22.7 Å². The van der Waals surface area contributed by atoms with Gasteiger partial charge in [-0.25, -0.2) is 19.2 Å². The number of likely N-dealkylation sites (tertiary alicyclic amines) is 1. The molecule has 0 unspecified atom stereocenters. The number of aryl methyl sites for hydroxylation is 1. The number of imidazole rings is 1. The fraction of sp³-hybridized carbons (Fsp3) is 0.360. The Morgan fingerprint density at radius 2 is 2.00 bits per heavy atom. The van der Waals surface area contributed by atoms with Crippen LogP contribution in [0.15, 0.2) is 35.8 Å². The molecule has 186 valence electrons. The summed E-state index contributed by atoms with van der Waals surface area (Å²) in [6.07, 6.45) is 5.01. The minimum Gasteiger partial charge on any atom is -0.391 e. The third-order valence-corrected chi connectivity index (χ3v) is 8.59. The van der Waals surface area contributed by atoms with E-state index in [-0.39, 0.29) is 24.3 Å². The summed E-state index contributed by atoms with van der Waals surface area (Å²) in [5, 5.41) is 5.66. The molecule has 8 nitrogen and oxygen atoms in total. The molecule has 0 bridgehead atoms. The van der Waals surface area contributed by atoms with Crippen LogP contribution in [0, 0.1) is 12.7 Å². The average Bonchev–Trinajstić information content (AvgIpc) is 3.20. The van der Waals surface area contributed by atoms with Crippen LogP contribution in [-0.4, -0.2) is 50.4 Å². The number of halogens is 1. The number of aromatic nitrogens is 3. The third kappa shape index (κ3) is 4.37. The van der Waals surface area contributed by atoms with E-state index in [2.05, 4.69) is 10.3 Å².